The van der Waals surface area contributed by atoms with E-state index in [4.69, 9.17) is 18.0 Å². The van der Waals surface area contributed by atoms with E-state index in [2.05, 4.69) is 18.7 Å². The first-order valence-corrected chi connectivity index (χ1v) is 7.35. The van der Waals surface area contributed by atoms with E-state index in [0.717, 1.165) is 44.5 Å². The summed E-state index contributed by atoms with van der Waals surface area (Å²) in [6.45, 7) is 6.13. The molecule has 0 aliphatic carbocycles. The number of hydrogen-bond donors (Lipinski definition) is 1. The minimum absolute atomic E-state index is 0.131. The summed E-state index contributed by atoms with van der Waals surface area (Å²) < 4.78 is 13.9. The Morgan fingerprint density at radius 1 is 1.21 bits per heavy atom. The van der Waals surface area contributed by atoms with Crippen LogP contribution in [0.2, 0.25) is 0 Å². The molecule has 1 aromatic carbocycles. The maximum absolute atomic E-state index is 13.9. The summed E-state index contributed by atoms with van der Waals surface area (Å²) in [4.78, 5) is 2.33. The maximum atomic E-state index is 13.9. The molecular formula is C15H23FN2S. The molecule has 0 fully saturated rings. The number of anilines is 1. The quantitative estimate of drug-likeness (QED) is 0.734. The van der Waals surface area contributed by atoms with Gasteiger partial charge in [-0.05, 0) is 25.0 Å². The zero-order chi connectivity index (χ0) is 14.3. The molecule has 0 spiro atoms. The molecule has 4 heteroatoms. The van der Waals surface area contributed by atoms with Crippen molar-refractivity contribution < 1.29 is 4.39 Å². The lowest BCUT2D eigenvalue weighted by Crippen LogP contribution is -2.29. The van der Waals surface area contributed by atoms with Gasteiger partial charge in [-0.3, -0.25) is 0 Å². The molecule has 0 amide bonds. The first-order valence-electron chi connectivity index (χ1n) is 6.95. The van der Waals surface area contributed by atoms with E-state index < -0.39 is 0 Å². The second-order valence-electron chi connectivity index (χ2n) is 4.69. The molecule has 0 aromatic heterocycles. The lowest BCUT2D eigenvalue weighted by atomic mass is 10.1. The van der Waals surface area contributed by atoms with E-state index in [1.165, 1.54) is 6.07 Å². The van der Waals surface area contributed by atoms with Gasteiger partial charge < -0.3 is 10.6 Å². The first-order chi connectivity index (χ1) is 9.11. The van der Waals surface area contributed by atoms with Crippen LogP contribution in [-0.2, 0) is 0 Å². The van der Waals surface area contributed by atoms with Gasteiger partial charge in [-0.15, -0.1) is 0 Å². The van der Waals surface area contributed by atoms with Gasteiger partial charge in [-0.2, -0.15) is 0 Å². The molecule has 1 aromatic rings. The summed E-state index contributed by atoms with van der Waals surface area (Å²) in [5.41, 5.74) is 6.88. The normalized spacial score (nSPS) is 10.5. The Morgan fingerprint density at radius 2 is 1.79 bits per heavy atom. The minimum atomic E-state index is -0.331. The van der Waals surface area contributed by atoms with Crippen LogP contribution >= 0.6 is 12.2 Å². The molecular weight excluding hydrogens is 259 g/mol. The third-order valence-corrected chi connectivity index (χ3v) is 3.35. The second-order valence-corrected chi connectivity index (χ2v) is 5.13. The van der Waals surface area contributed by atoms with Crippen molar-refractivity contribution in [1.82, 2.24) is 0 Å². The average molecular weight is 282 g/mol. The van der Waals surface area contributed by atoms with Crippen molar-refractivity contribution in [3.63, 3.8) is 0 Å². The molecule has 0 radical (unpaired) electrons. The highest BCUT2D eigenvalue weighted by molar-refractivity contribution is 7.80. The highest BCUT2D eigenvalue weighted by Gasteiger charge is 2.16. The Balaban J connectivity index is 3.06. The second kappa shape index (κ2) is 8.10. The van der Waals surface area contributed by atoms with E-state index in [1.807, 2.05) is 6.07 Å². The molecule has 0 aliphatic rings. The van der Waals surface area contributed by atoms with Crippen LogP contribution in [0.1, 0.15) is 45.1 Å². The fraction of sp³-hybridized carbons (Fsp3) is 0.533. The molecule has 0 bridgehead atoms. The maximum Gasteiger partial charge on any atom is 0.135 e. The Bertz CT molecular complexity index is 413. The average Bonchev–Trinajstić information content (AvgIpc) is 2.38. The zero-order valence-electron chi connectivity index (χ0n) is 11.8. The Kier molecular flexibility index (Phi) is 6.78. The van der Waals surface area contributed by atoms with Crippen LogP contribution in [0.4, 0.5) is 10.1 Å². The van der Waals surface area contributed by atoms with E-state index in [-0.39, 0.29) is 10.8 Å². The predicted molar refractivity (Wildman–Crippen MR) is 84.3 cm³/mol. The van der Waals surface area contributed by atoms with E-state index in [0.29, 0.717) is 5.56 Å². The minimum Gasteiger partial charge on any atom is -0.389 e. The highest BCUT2D eigenvalue weighted by Crippen LogP contribution is 2.24. The van der Waals surface area contributed by atoms with Crippen molar-refractivity contribution in [1.29, 1.82) is 0 Å². The molecule has 106 valence electrons. The summed E-state index contributed by atoms with van der Waals surface area (Å²) in [6, 6.07) is 5.04. The fourth-order valence-electron chi connectivity index (χ4n) is 2.07. The third-order valence-electron chi connectivity index (χ3n) is 3.14. The summed E-state index contributed by atoms with van der Waals surface area (Å²) in [7, 11) is 0. The van der Waals surface area contributed by atoms with Crippen molar-refractivity contribution in [2.24, 2.45) is 5.73 Å². The van der Waals surface area contributed by atoms with Crippen LogP contribution in [0.15, 0.2) is 18.2 Å². The number of nitrogens with zero attached hydrogens (tertiary/aromatic N) is 1. The molecule has 2 nitrogen and oxygen atoms in total. The zero-order valence-corrected chi connectivity index (χ0v) is 12.6. The van der Waals surface area contributed by atoms with E-state index >= 15 is 0 Å². The van der Waals surface area contributed by atoms with Gasteiger partial charge in [0.25, 0.3) is 0 Å². The van der Waals surface area contributed by atoms with Crippen LogP contribution < -0.4 is 10.6 Å². The summed E-state index contributed by atoms with van der Waals surface area (Å²) >= 11 is 4.99. The SMILES string of the molecule is CCCCN(CCCC)c1cccc(F)c1C(N)=S. The number of nitrogens with two attached hydrogens (primary N) is 1. The predicted octanol–water partition coefficient (Wildman–Crippen LogP) is 3.87. The molecule has 0 saturated heterocycles. The van der Waals surface area contributed by atoms with Crippen LogP contribution in [0.3, 0.4) is 0 Å². The molecule has 0 atom stereocenters. The molecule has 1 rings (SSSR count). The van der Waals surface area contributed by atoms with E-state index in [1.54, 1.807) is 6.07 Å². The number of rotatable bonds is 8. The third kappa shape index (κ3) is 4.46. The first kappa shape index (κ1) is 15.9. The Labute approximate surface area is 120 Å². The van der Waals surface area contributed by atoms with Crippen LogP contribution in [-0.4, -0.2) is 18.1 Å². The van der Waals surface area contributed by atoms with E-state index in [9.17, 15) is 4.39 Å². The van der Waals surface area contributed by atoms with Crippen molar-refractivity contribution in [3.05, 3.63) is 29.6 Å². The van der Waals surface area contributed by atoms with Crippen LogP contribution in [0.5, 0.6) is 0 Å². The largest absolute Gasteiger partial charge is 0.389 e. The standard InChI is InChI=1S/C15H23FN2S/c1-3-5-10-18(11-6-4-2)13-9-7-8-12(16)14(13)15(17)19/h7-9H,3-6,10-11H2,1-2H3,(H2,17,19). The van der Waals surface area contributed by atoms with Crippen molar-refractivity contribution in [2.45, 2.75) is 39.5 Å². The molecule has 0 heterocycles. The Morgan fingerprint density at radius 3 is 2.26 bits per heavy atom. The molecule has 19 heavy (non-hydrogen) atoms. The summed E-state index contributed by atoms with van der Waals surface area (Å²) in [5, 5.41) is 0. The topological polar surface area (TPSA) is 29.3 Å². The van der Waals surface area contributed by atoms with Crippen molar-refractivity contribution in [3.8, 4) is 0 Å². The van der Waals surface area contributed by atoms with Crippen molar-refractivity contribution >= 4 is 22.9 Å². The number of hydrogen-bond acceptors (Lipinski definition) is 2. The molecule has 0 unspecified atom stereocenters. The summed E-state index contributed by atoms with van der Waals surface area (Å²) in [5.74, 6) is -0.331. The van der Waals surface area contributed by atoms with Gasteiger partial charge in [-0.25, -0.2) is 4.39 Å². The van der Waals surface area contributed by atoms with Crippen LogP contribution in [0.25, 0.3) is 0 Å². The van der Waals surface area contributed by atoms with Crippen molar-refractivity contribution in [2.75, 3.05) is 18.0 Å². The number of benzene rings is 1. The fourth-order valence-corrected chi connectivity index (χ4v) is 2.27. The number of thiocarbonyl (C=S) groups is 1. The van der Waals surface area contributed by atoms with Crippen LogP contribution in [0, 0.1) is 5.82 Å². The number of unbranched alkanes of at least 4 members (excludes halogenated alkanes) is 2. The Hall–Kier alpha value is -1.16. The van der Waals surface area contributed by atoms with Gasteiger partial charge in [-0.1, -0.05) is 45.0 Å². The monoisotopic (exact) mass is 282 g/mol. The lowest BCUT2D eigenvalue weighted by molar-refractivity contribution is 0.621. The summed E-state index contributed by atoms with van der Waals surface area (Å²) in [6.07, 6.45) is 4.38. The molecule has 0 aliphatic heterocycles. The van der Waals surface area contributed by atoms with Gasteiger partial charge in [0.1, 0.15) is 10.8 Å². The van der Waals surface area contributed by atoms with Gasteiger partial charge in [0, 0.05) is 18.8 Å². The molecule has 2 N–H and O–H groups in total. The van der Waals surface area contributed by atoms with Gasteiger partial charge in [0.15, 0.2) is 0 Å². The smallest absolute Gasteiger partial charge is 0.135 e. The van der Waals surface area contributed by atoms with Gasteiger partial charge in [0.2, 0.25) is 0 Å². The van der Waals surface area contributed by atoms with Gasteiger partial charge in [0.05, 0.1) is 5.56 Å². The number of halogens is 1. The molecule has 0 saturated carbocycles. The highest BCUT2D eigenvalue weighted by atomic mass is 32.1. The van der Waals surface area contributed by atoms with Gasteiger partial charge >= 0.3 is 0 Å². The lowest BCUT2D eigenvalue weighted by Gasteiger charge is -2.27.